The van der Waals surface area contributed by atoms with E-state index >= 15 is 0 Å². The van der Waals surface area contributed by atoms with Crippen molar-refractivity contribution >= 4 is 27.8 Å². The maximum Gasteiger partial charge on any atom is 0.326 e. The average molecular weight is 356 g/mol. The zero-order valence-corrected chi connectivity index (χ0v) is 13.3. The summed E-state index contributed by atoms with van der Waals surface area (Å²) >= 11 is 3.31. The van der Waals surface area contributed by atoms with Gasteiger partial charge in [0.1, 0.15) is 11.8 Å². The van der Waals surface area contributed by atoms with Gasteiger partial charge in [0.15, 0.2) is 6.10 Å². The summed E-state index contributed by atoms with van der Waals surface area (Å²) in [6, 6.07) is 6.10. The number of nitrogens with one attached hydrogen (secondary N) is 1. The van der Waals surface area contributed by atoms with Gasteiger partial charge in [-0.3, -0.25) is 4.79 Å². The predicted molar refractivity (Wildman–Crippen MR) is 83.2 cm³/mol. The first-order valence-electron chi connectivity index (χ1n) is 6.50. The number of benzene rings is 1. The Morgan fingerprint density at radius 3 is 2.57 bits per heavy atom. The molecule has 1 aromatic rings. The SMILES string of the molecule is C=CCCC(NC(=O)C(C)Oc1ccc(Br)cc1)C(=O)O. The van der Waals surface area contributed by atoms with Crippen molar-refractivity contribution < 1.29 is 19.4 Å². The number of hydrogen-bond donors (Lipinski definition) is 2. The second-order valence-electron chi connectivity index (χ2n) is 4.48. The Hall–Kier alpha value is -1.82. The summed E-state index contributed by atoms with van der Waals surface area (Å²) in [6.07, 6.45) is 1.65. The highest BCUT2D eigenvalue weighted by Crippen LogP contribution is 2.17. The molecule has 0 heterocycles. The van der Waals surface area contributed by atoms with Crippen LogP contribution >= 0.6 is 15.9 Å². The normalized spacial score (nSPS) is 13.0. The van der Waals surface area contributed by atoms with Crippen LogP contribution in [-0.2, 0) is 9.59 Å². The second-order valence-corrected chi connectivity index (χ2v) is 5.40. The number of carbonyl (C=O) groups excluding carboxylic acids is 1. The molecule has 0 aliphatic rings. The third-order valence-corrected chi connectivity index (χ3v) is 3.30. The topological polar surface area (TPSA) is 75.6 Å². The lowest BCUT2D eigenvalue weighted by Crippen LogP contribution is -2.46. The van der Waals surface area contributed by atoms with Crippen molar-refractivity contribution in [1.82, 2.24) is 5.32 Å². The summed E-state index contributed by atoms with van der Waals surface area (Å²) in [6.45, 7) is 5.11. The number of carbonyl (C=O) groups is 2. The molecule has 0 fully saturated rings. The fraction of sp³-hybridized carbons (Fsp3) is 0.333. The number of aliphatic carboxylic acids is 1. The minimum atomic E-state index is -1.07. The van der Waals surface area contributed by atoms with Crippen LogP contribution in [0.3, 0.4) is 0 Å². The Kier molecular flexibility index (Phi) is 6.94. The maximum absolute atomic E-state index is 12.0. The number of halogens is 1. The lowest BCUT2D eigenvalue weighted by atomic mass is 10.1. The Morgan fingerprint density at radius 1 is 1.43 bits per heavy atom. The predicted octanol–water partition coefficient (Wildman–Crippen LogP) is 2.75. The molecule has 1 amide bonds. The number of carboxylic acid groups (broad SMARTS) is 1. The first-order valence-corrected chi connectivity index (χ1v) is 7.29. The second kappa shape index (κ2) is 8.46. The molecule has 0 bridgehead atoms. The van der Waals surface area contributed by atoms with Crippen molar-refractivity contribution in [2.45, 2.75) is 31.9 Å². The smallest absolute Gasteiger partial charge is 0.326 e. The summed E-state index contributed by atoms with van der Waals surface area (Å²) in [5.41, 5.74) is 0. The van der Waals surface area contributed by atoms with E-state index < -0.39 is 24.0 Å². The fourth-order valence-corrected chi connectivity index (χ4v) is 1.87. The molecule has 5 nitrogen and oxygen atoms in total. The lowest BCUT2D eigenvalue weighted by Gasteiger charge is -2.18. The molecule has 0 saturated carbocycles. The Labute approximate surface area is 132 Å². The number of hydrogen-bond acceptors (Lipinski definition) is 3. The van der Waals surface area contributed by atoms with E-state index in [0.29, 0.717) is 18.6 Å². The van der Waals surface area contributed by atoms with Gasteiger partial charge in [-0.05, 0) is 44.0 Å². The molecule has 6 heteroatoms. The summed E-state index contributed by atoms with van der Waals surface area (Å²) in [5, 5.41) is 11.5. The number of rotatable bonds is 8. The molecule has 0 aliphatic heterocycles. The van der Waals surface area contributed by atoms with Crippen molar-refractivity contribution in [2.24, 2.45) is 0 Å². The lowest BCUT2D eigenvalue weighted by molar-refractivity contribution is -0.143. The molecule has 0 spiro atoms. The highest BCUT2D eigenvalue weighted by Gasteiger charge is 2.23. The van der Waals surface area contributed by atoms with Crippen LogP contribution in [0.4, 0.5) is 0 Å². The van der Waals surface area contributed by atoms with Crippen LogP contribution in [0.5, 0.6) is 5.75 Å². The third kappa shape index (κ3) is 5.99. The summed E-state index contributed by atoms with van der Waals surface area (Å²) < 4.78 is 6.38. The summed E-state index contributed by atoms with van der Waals surface area (Å²) in [4.78, 5) is 23.0. The molecule has 0 aromatic heterocycles. The van der Waals surface area contributed by atoms with Gasteiger partial charge in [-0.2, -0.15) is 0 Å². The van der Waals surface area contributed by atoms with Gasteiger partial charge in [0.2, 0.25) is 0 Å². The molecule has 1 aromatic carbocycles. The van der Waals surface area contributed by atoms with E-state index in [1.807, 2.05) is 0 Å². The average Bonchev–Trinajstić information content (AvgIpc) is 2.45. The Morgan fingerprint density at radius 2 is 2.05 bits per heavy atom. The maximum atomic E-state index is 12.0. The minimum absolute atomic E-state index is 0.301. The fourth-order valence-electron chi connectivity index (χ4n) is 1.60. The zero-order chi connectivity index (χ0) is 15.8. The monoisotopic (exact) mass is 355 g/mol. The molecular weight excluding hydrogens is 338 g/mol. The van der Waals surface area contributed by atoms with Gasteiger partial charge in [-0.1, -0.05) is 22.0 Å². The number of amides is 1. The van der Waals surface area contributed by atoms with Gasteiger partial charge in [0, 0.05) is 4.47 Å². The standard InChI is InChI=1S/C15H18BrNO4/c1-3-4-5-13(15(19)20)17-14(18)10(2)21-12-8-6-11(16)7-9-12/h3,6-10,13H,1,4-5H2,2H3,(H,17,18)(H,19,20). The van der Waals surface area contributed by atoms with E-state index in [-0.39, 0.29) is 0 Å². The number of allylic oxidation sites excluding steroid dienone is 1. The van der Waals surface area contributed by atoms with Crippen molar-refractivity contribution in [2.75, 3.05) is 0 Å². The number of carboxylic acids is 1. The van der Waals surface area contributed by atoms with Gasteiger partial charge in [-0.15, -0.1) is 6.58 Å². The first-order chi connectivity index (χ1) is 9.93. The largest absolute Gasteiger partial charge is 0.481 e. The molecular formula is C15H18BrNO4. The van der Waals surface area contributed by atoms with Crippen LogP contribution in [0.15, 0.2) is 41.4 Å². The highest BCUT2D eigenvalue weighted by atomic mass is 79.9. The molecule has 0 saturated heterocycles. The van der Waals surface area contributed by atoms with Crippen molar-refractivity contribution in [3.05, 3.63) is 41.4 Å². The van der Waals surface area contributed by atoms with Crippen molar-refractivity contribution in [3.63, 3.8) is 0 Å². The van der Waals surface area contributed by atoms with E-state index in [9.17, 15) is 9.59 Å². The first kappa shape index (κ1) is 17.2. The Balaban J connectivity index is 2.58. The van der Waals surface area contributed by atoms with Crippen LogP contribution in [0.2, 0.25) is 0 Å². The summed E-state index contributed by atoms with van der Waals surface area (Å²) in [5.74, 6) is -0.991. The van der Waals surface area contributed by atoms with Crippen LogP contribution < -0.4 is 10.1 Å². The van der Waals surface area contributed by atoms with Crippen LogP contribution in [-0.4, -0.2) is 29.1 Å². The third-order valence-electron chi connectivity index (χ3n) is 2.77. The molecule has 21 heavy (non-hydrogen) atoms. The van der Waals surface area contributed by atoms with Crippen LogP contribution in [0.1, 0.15) is 19.8 Å². The molecule has 1 rings (SSSR count). The molecule has 0 aliphatic carbocycles. The molecule has 2 unspecified atom stereocenters. The van der Waals surface area contributed by atoms with E-state index in [2.05, 4.69) is 27.8 Å². The Bertz CT molecular complexity index is 501. The van der Waals surface area contributed by atoms with Gasteiger partial charge in [0.05, 0.1) is 0 Å². The van der Waals surface area contributed by atoms with E-state index in [4.69, 9.17) is 9.84 Å². The molecule has 0 radical (unpaired) electrons. The molecule has 2 N–H and O–H groups in total. The minimum Gasteiger partial charge on any atom is -0.481 e. The summed E-state index contributed by atoms with van der Waals surface area (Å²) in [7, 11) is 0. The van der Waals surface area contributed by atoms with E-state index in [0.717, 1.165) is 4.47 Å². The quantitative estimate of drug-likeness (QED) is 0.703. The van der Waals surface area contributed by atoms with Crippen LogP contribution in [0, 0.1) is 0 Å². The van der Waals surface area contributed by atoms with Crippen molar-refractivity contribution in [3.8, 4) is 5.75 Å². The highest BCUT2D eigenvalue weighted by molar-refractivity contribution is 9.10. The molecule has 114 valence electrons. The zero-order valence-electron chi connectivity index (χ0n) is 11.7. The van der Waals surface area contributed by atoms with Gasteiger partial charge in [0.25, 0.3) is 5.91 Å². The molecule has 2 atom stereocenters. The van der Waals surface area contributed by atoms with Crippen LogP contribution in [0.25, 0.3) is 0 Å². The van der Waals surface area contributed by atoms with Gasteiger partial charge < -0.3 is 15.2 Å². The van der Waals surface area contributed by atoms with Crippen molar-refractivity contribution in [1.29, 1.82) is 0 Å². The van der Waals surface area contributed by atoms with E-state index in [1.165, 1.54) is 0 Å². The number of ether oxygens (including phenoxy) is 1. The van der Waals surface area contributed by atoms with Gasteiger partial charge >= 0.3 is 5.97 Å². The van der Waals surface area contributed by atoms with E-state index in [1.54, 1.807) is 37.3 Å². The van der Waals surface area contributed by atoms with Gasteiger partial charge in [-0.25, -0.2) is 4.79 Å².